The zero-order valence-electron chi connectivity index (χ0n) is 19.5. The molecule has 0 amide bonds. The largest absolute Gasteiger partial charge is 0.379 e. The van der Waals surface area contributed by atoms with Crippen molar-refractivity contribution >= 4 is 7.60 Å². The third-order valence-electron chi connectivity index (χ3n) is 5.50. The second-order valence-corrected chi connectivity index (χ2v) is 10.2. The van der Waals surface area contributed by atoms with E-state index in [2.05, 4.69) is 11.4 Å². The number of ether oxygens (including phenoxy) is 2. The fourth-order valence-electron chi connectivity index (χ4n) is 3.49. The Labute approximate surface area is 180 Å². The molecule has 29 heavy (non-hydrogen) atoms. The minimum atomic E-state index is -3.54. The molecule has 1 N–H and O–H groups in total. The second-order valence-electron chi connectivity index (χ2n) is 8.24. The summed E-state index contributed by atoms with van der Waals surface area (Å²) in [4.78, 5) is 9.47. The summed E-state index contributed by atoms with van der Waals surface area (Å²) in [7, 11) is -0.778. The lowest BCUT2D eigenvalue weighted by Crippen LogP contribution is -2.23. The monoisotopic (exact) mass is 436 g/mol. The van der Waals surface area contributed by atoms with Gasteiger partial charge in [0.1, 0.15) is 0 Å². The van der Waals surface area contributed by atoms with Gasteiger partial charge in [0.05, 0.1) is 18.9 Å². The highest BCUT2D eigenvalue weighted by Crippen LogP contribution is 2.41. The van der Waals surface area contributed by atoms with E-state index < -0.39 is 13.7 Å². The number of unbranched alkanes of at least 4 members (excludes halogenated alkanes) is 15. The van der Waals surface area contributed by atoms with Crippen LogP contribution in [0.5, 0.6) is 0 Å². The van der Waals surface area contributed by atoms with Crippen LogP contribution in [0.4, 0.5) is 0 Å². The van der Waals surface area contributed by atoms with Crippen LogP contribution < -0.4 is 0 Å². The molecular weight excluding hydrogens is 387 g/mol. The molecular formula is C23H49O5P. The summed E-state index contributed by atoms with van der Waals surface area (Å²) < 4.78 is 26.9. The fraction of sp³-hybridized carbons (Fsp3) is 1.00. The highest BCUT2D eigenvalue weighted by atomic mass is 31.2. The Hall–Kier alpha value is 0.0700. The lowest BCUT2D eigenvalue weighted by molar-refractivity contribution is 0.0166. The predicted molar refractivity (Wildman–Crippen MR) is 123 cm³/mol. The lowest BCUT2D eigenvalue weighted by atomic mass is 10.0. The smallest absolute Gasteiger partial charge is 0.330 e. The van der Waals surface area contributed by atoms with Gasteiger partial charge in [-0.2, -0.15) is 0 Å². The molecule has 6 heteroatoms. The molecule has 0 aromatic carbocycles. The van der Waals surface area contributed by atoms with Crippen molar-refractivity contribution in [2.24, 2.45) is 0 Å². The molecule has 0 aliphatic heterocycles. The van der Waals surface area contributed by atoms with Crippen molar-refractivity contribution in [3.05, 3.63) is 0 Å². The first-order valence-corrected chi connectivity index (χ1v) is 13.8. The Morgan fingerprint density at radius 1 is 0.724 bits per heavy atom. The van der Waals surface area contributed by atoms with Gasteiger partial charge in [-0.1, -0.05) is 103 Å². The minimum Gasteiger partial charge on any atom is -0.379 e. The standard InChI is InChI=1S/C23H49O5P/c1-4-5-6-7-8-9-10-11-12-13-14-15-16-17-18-19-20-28-21-23(26-2)22-29(24,25)27-3/h23H,4-22H2,1-3H3,(H,24,25)/t23-/m1/s1. The Kier molecular flexibility index (Phi) is 21.4. The average Bonchev–Trinajstić information content (AvgIpc) is 2.71. The summed E-state index contributed by atoms with van der Waals surface area (Å²) in [6.45, 7) is 3.29. The van der Waals surface area contributed by atoms with Crippen LogP contribution in [0.1, 0.15) is 110 Å². The van der Waals surface area contributed by atoms with E-state index >= 15 is 0 Å². The highest BCUT2D eigenvalue weighted by molar-refractivity contribution is 7.52. The Morgan fingerprint density at radius 2 is 1.14 bits per heavy atom. The van der Waals surface area contributed by atoms with Crippen molar-refractivity contribution in [3.63, 3.8) is 0 Å². The summed E-state index contributed by atoms with van der Waals surface area (Å²) in [5.41, 5.74) is 0. The van der Waals surface area contributed by atoms with Gasteiger partial charge in [0.25, 0.3) is 0 Å². The van der Waals surface area contributed by atoms with Crippen molar-refractivity contribution in [3.8, 4) is 0 Å². The molecule has 0 radical (unpaired) electrons. The van der Waals surface area contributed by atoms with Crippen molar-refractivity contribution in [2.45, 2.75) is 116 Å². The Bertz CT molecular complexity index is 378. The lowest BCUT2D eigenvalue weighted by Gasteiger charge is -2.17. The first kappa shape index (κ1) is 29.1. The first-order chi connectivity index (χ1) is 14.1. The van der Waals surface area contributed by atoms with Crippen molar-refractivity contribution in [1.82, 2.24) is 0 Å². The van der Waals surface area contributed by atoms with Crippen LogP contribution in [-0.2, 0) is 18.6 Å². The summed E-state index contributed by atoms with van der Waals surface area (Å²) in [6, 6.07) is 0. The van der Waals surface area contributed by atoms with Crippen molar-refractivity contribution < 1.29 is 23.5 Å². The van der Waals surface area contributed by atoms with E-state index in [1.807, 2.05) is 0 Å². The molecule has 1 unspecified atom stereocenters. The van der Waals surface area contributed by atoms with Crippen molar-refractivity contribution in [1.29, 1.82) is 0 Å². The first-order valence-electron chi connectivity index (χ1n) is 12.0. The van der Waals surface area contributed by atoms with Crippen LogP contribution in [0, 0.1) is 0 Å². The predicted octanol–water partition coefficient (Wildman–Crippen LogP) is 7.11. The molecule has 5 nitrogen and oxygen atoms in total. The molecule has 0 spiro atoms. The zero-order valence-corrected chi connectivity index (χ0v) is 20.4. The summed E-state index contributed by atoms with van der Waals surface area (Å²) in [5, 5.41) is 0. The second kappa shape index (κ2) is 21.3. The zero-order chi connectivity index (χ0) is 21.6. The summed E-state index contributed by atoms with van der Waals surface area (Å²) in [5.74, 6) is 0. The SMILES string of the molecule is CCCCCCCCCCCCCCCCCCOC[C@H](CP(=O)(O)OC)OC. The highest BCUT2D eigenvalue weighted by Gasteiger charge is 2.24. The van der Waals surface area contributed by atoms with Gasteiger partial charge in [0.2, 0.25) is 0 Å². The molecule has 0 rings (SSSR count). The molecule has 0 saturated heterocycles. The van der Waals surface area contributed by atoms with Gasteiger partial charge in [-0.3, -0.25) is 4.57 Å². The molecule has 0 aromatic rings. The molecule has 0 fully saturated rings. The maximum atomic E-state index is 11.5. The van der Waals surface area contributed by atoms with E-state index in [0.29, 0.717) is 13.2 Å². The number of methoxy groups -OCH3 is 1. The van der Waals surface area contributed by atoms with Gasteiger partial charge >= 0.3 is 7.60 Å². The molecule has 0 aliphatic rings. The van der Waals surface area contributed by atoms with Crippen LogP contribution in [0.2, 0.25) is 0 Å². The third-order valence-corrected chi connectivity index (χ3v) is 6.94. The minimum absolute atomic E-state index is 0.0288. The Balaban J connectivity index is 3.26. The maximum absolute atomic E-state index is 11.5. The van der Waals surface area contributed by atoms with E-state index in [4.69, 9.17) is 9.47 Å². The van der Waals surface area contributed by atoms with Crippen LogP contribution in [0.3, 0.4) is 0 Å². The fourth-order valence-corrected chi connectivity index (χ4v) is 4.41. The van der Waals surface area contributed by atoms with Crippen LogP contribution in [0.15, 0.2) is 0 Å². The van der Waals surface area contributed by atoms with Gasteiger partial charge < -0.3 is 18.9 Å². The molecule has 176 valence electrons. The third kappa shape index (κ3) is 21.1. The van der Waals surface area contributed by atoms with Gasteiger partial charge in [0, 0.05) is 20.8 Å². The summed E-state index contributed by atoms with van der Waals surface area (Å²) in [6.07, 6.45) is 21.3. The normalized spacial score (nSPS) is 14.8. The molecule has 0 saturated carbocycles. The van der Waals surface area contributed by atoms with E-state index in [-0.39, 0.29) is 6.16 Å². The molecule has 0 heterocycles. The van der Waals surface area contributed by atoms with E-state index in [1.54, 1.807) is 0 Å². The number of hydrogen-bond donors (Lipinski definition) is 1. The molecule has 0 aromatic heterocycles. The maximum Gasteiger partial charge on any atom is 0.330 e. The molecule has 2 atom stereocenters. The van der Waals surface area contributed by atoms with Gasteiger partial charge in [-0.05, 0) is 6.42 Å². The van der Waals surface area contributed by atoms with E-state index in [1.165, 1.54) is 111 Å². The van der Waals surface area contributed by atoms with Crippen LogP contribution in [-0.4, -0.2) is 44.6 Å². The van der Waals surface area contributed by atoms with Crippen LogP contribution in [0.25, 0.3) is 0 Å². The summed E-state index contributed by atoms with van der Waals surface area (Å²) >= 11 is 0. The van der Waals surface area contributed by atoms with Gasteiger partial charge in [-0.25, -0.2) is 0 Å². The van der Waals surface area contributed by atoms with E-state index in [0.717, 1.165) is 6.42 Å². The average molecular weight is 437 g/mol. The van der Waals surface area contributed by atoms with E-state index in [9.17, 15) is 9.46 Å². The van der Waals surface area contributed by atoms with Crippen molar-refractivity contribution in [2.75, 3.05) is 33.6 Å². The topological polar surface area (TPSA) is 65.0 Å². The van der Waals surface area contributed by atoms with Crippen LogP contribution >= 0.6 is 7.60 Å². The van der Waals surface area contributed by atoms with Gasteiger partial charge in [-0.15, -0.1) is 0 Å². The quantitative estimate of drug-likeness (QED) is 0.137. The Morgan fingerprint density at radius 3 is 1.52 bits per heavy atom. The number of rotatable bonds is 23. The van der Waals surface area contributed by atoms with Gasteiger partial charge in [0.15, 0.2) is 0 Å². The molecule has 0 bridgehead atoms. The number of hydrogen-bond acceptors (Lipinski definition) is 4. The molecule has 0 aliphatic carbocycles.